The van der Waals surface area contributed by atoms with Crippen LogP contribution >= 0.6 is 11.6 Å². The van der Waals surface area contributed by atoms with E-state index in [9.17, 15) is 4.79 Å². The topological polar surface area (TPSA) is 60.1 Å². The number of benzene rings is 2. The minimum absolute atomic E-state index is 0.269. The Labute approximate surface area is 167 Å². The molecular weight excluding hydrogens is 374 g/mol. The van der Waals surface area contributed by atoms with Gasteiger partial charge in [-0.15, -0.1) is 0 Å². The van der Waals surface area contributed by atoms with Crippen molar-refractivity contribution in [3.05, 3.63) is 88.4 Å². The van der Waals surface area contributed by atoms with Crippen LogP contribution in [0.15, 0.2) is 65.1 Å². The summed E-state index contributed by atoms with van der Waals surface area (Å²) in [6.07, 6.45) is 0. The first-order chi connectivity index (χ1) is 13.5. The fourth-order valence-electron chi connectivity index (χ4n) is 3.23. The van der Waals surface area contributed by atoms with Crippen molar-refractivity contribution in [1.82, 2.24) is 15.1 Å². The van der Waals surface area contributed by atoms with Gasteiger partial charge in [-0.05, 0) is 31.5 Å². The second-order valence-corrected chi connectivity index (χ2v) is 7.13. The normalized spacial score (nSPS) is 12.2. The van der Waals surface area contributed by atoms with Crippen molar-refractivity contribution >= 4 is 28.5 Å². The lowest BCUT2D eigenvalue weighted by molar-refractivity contribution is 0.0935. The van der Waals surface area contributed by atoms with E-state index < -0.39 is 0 Å². The lowest BCUT2D eigenvalue weighted by Crippen LogP contribution is -2.27. The third-order valence-electron chi connectivity index (χ3n) is 4.69. The van der Waals surface area contributed by atoms with E-state index in [4.69, 9.17) is 16.0 Å². The van der Waals surface area contributed by atoms with Crippen molar-refractivity contribution in [2.24, 2.45) is 0 Å². The molecule has 0 aliphatic heterocycles. The molecule has 0 fully saturated rings. The first-order valence-electron chi connectivity index (χ1n) is 9.09. The summed E-state index contributed by atoms with van der Waals surface area (Å²) in [4.78, 5) is 12.9. The van der Waals surface area contributed by atoms with Crippen LogP contribution in [0.5, 0.6) is 0 Å². The van der Waals surface area contributed by atoms with Gasteiger partial charge in [0.05, 0.1) is 23.8 Å². The summed E-state index contributed by atoms with van der Waals surface area (Å²) in [7, 11) is 0. The molecule has 0 saturated carbocycles. The van der Waals surface area contributed by atoms with E-state index in [1.165, 1.54) is 0 Å². The van der Waals surface area contributed by atoms with Gasteiger partial charge in [0.2, 0.25) is 0 Å². The van der Waals surface area contributed by atoms with Crippen LogP contribution in [0, 0.1) is 6.92 Å². The van der Waals surface area contributed by atoms with E-state index in [0.717, 1.165) is 16.5 Å². The van der Waals surface area contributed by atoms with Gasteiger partial charge >= 0.3 is 0 Å². The Hall–Kier alpha value is -3.05. The summed E-state index contributed by atoms with van der Waals surface area (Å²) in [6.45, 7) is 4.17. The molecule has 2 aromatic carbocycles. The predicted octanol–water partition coefficient (Wildman–Crippen LogP) is 5.13. The van der Waals surface area contributed by atoms with E-state index >= 15 is 0 Å². The average Bonchev–Trinajstić information content (AvgIpc) is 3.23. The Kier molecular flexibility index (Phi) is 4.92. The smallest absolute Gasteiger partial charge is 0.256 e. The van der Waals surface area contributed by atoms with E-state index in [-0.39, 0.29) is 11.9 Å². The van der Waals surface area contributed by atoms with Crippen molar-refractivity contribution in [2.45, 2.75) is 26.4 Å². The number of carbonyl (C=O) groups excluding carboxylic acids is 1. The molecule has 0 radical (unpaired) electrons. The average molecular weight is 394 g/mol. The van der Waals surface area contributed by atoms with E-state index in [2.05, 4.69) is 10.4 Å². The third kappa shape index (κ3) is 3.53. The minimum Gasteiger partial charge on any atom is -0.459 e. The molecule has 0 aliphatic rings. The molecule has 0 aliphatic carbocycles. The number of rotatable bonds is 5. The molecule has 5 nitrogen and oxygen atoms in total. The summed E-state index contributed by atoms with van der Waals surface area (Å²) in [5.74, 6) is 0.426. The molecule has 1 amide bonds. The molecule has 4 aromatic rings. The first kappa shape index (κ1) is 18.3. The van der Waals surface area contributed by atoms with Crippen molar-refractivity contribution < 1.29 is 9.21 Å². The van der Waals surface area contributed by atoms with Gasteiger partial charge in [0.15, 0.2) is 0 Å². The zero-order valence-electron chi connectivity index (χ0n) is 15.6. The molecule has 0 saturated heterocycles. The van der Waals surface area contributed by atoms with Gasteiger partial charge in [-0.3, -0.25) is 4.79 Å². The number of nitrogens with zero attached hydrogens (tertiary/aromatic N) is 2. The van der Waals surface area contributed by atoms with E-state index in [1.54, 1.807) is 11.6 Å². The van der Waals surface area contributed by atoms with Crippen LogP contribution in [0.4, 0.5) is 0 Å². The number of fused-ring (bicyclic) bond motifs is 1. The molecule has 0 spiro atoms. The van der Waals surface area contributed by atoms with Gasteiger partial charge in [0.25, 0.3) is 5.91 Å². The molecule has 1 N–H and O–H groups in total. The van der Waals surface area contributed by atoms with Crippen molar-refractivity contribution in [3.63, 3.8) is 0 Å². The van der Waals surface area contributed by atoms with E-state index in [0.29, 0.717) is 28.7 Å². The first-order valence-corrected chi connectivity index (χ1v) is 9.47. The summed E-state index contributed by atoms with van der Waals surface area (Å²) < 4.78 is 7.49. The Morgan fingerprint density at radius 1 is 1.18 bits per heavy atom. The number of amides is 1. The molecule has 2 heterocycles. The maximum Gasteiger partial charge on any atom is 0.256 e. The summed E-state index contributed by atoms with van der Waals surface area (Å²) in [5.41, 5.74) is 2.84. The molecule has 2 aromatic heterocycles. The van der Waals surface area contributed by atoms with Gasteiger partial charge < -0.3 is 9.73 Å². The number of halogens is 1. The largest absolute Gasteiger partial charge is 0.459 e. The molecule has 1 unspecified atom stereocenters. The van der Waals surface area contributed by atoms with Crippen LogP contribution in [0.25, 0.3) is 11.0 Å². The number of carbonyl (C=O) groups is 1. The molecule has 28 heavy (non-hydrogen) atoms. The molecule has 1 atom stereocenters. The van der Waals surface area contributed by atoms with Gasteiger partial charge in [-0.1, -0.05) is 60.1 Å². The van der Waals surface area contributed by atoms with Gasteiger partial charge in [0.1, 0.15) is 16.5 Å². The Bertz CT molecular complexity index is 1100. The fraction of sp³-hybridized carbons (Fsp3) is 0.182. The van der Waals surface area contributed by atoms with Crippen molar-refractivity contribution in [3.8, 4) is 0 Å². The monoisotopic (exact) mass is 393 g/mol. The molecule has 4 rings (SSSR count). The Morgan fingerprint density at radius 3 is 2.64 bits per heavy atom. The SMILES string of the molecule is Cc1nn(Cc2ccccc2)c(Cl)c1C(=O)NC(C)c1cc2ccccc2o1. The Morgan fingerprint density at radius 2 is 1.89 bits per heavy atom. The van der Waals surface area contributed by atoms with Crippen LogP contribution in [-0.2, 0) is 6.54 Å². The number of aryl methyl sites for hydroxylation is 1. The molecular formula is C22H20ClN3O2. The van der Waals surface area contributed by atoms with Gasteiger partial charge in [0, 0.05) is 5.39 Å². The zero-order valence-corrected chi connectivity index (χ0v) is 16.4. The zero-order chi connectivity index (χ0) is 19.7. The summed E-state index contributed by atoms with van der Waals surface area (Å²) in [5, 5.41) is 8.74. The molecule has 142 valence electrons. The maximum absolute atomic E-state index is 12.9. The fourth-order valence-corrected chi connectivity index (χ4v) is 3.55. The van der Waals surface area contributed by atoms with Crippen LogP contribution in [-0.4, -0.2) is 15.7 Å². The van der Waals surface area contributed by atoms with Gasteiger partial charge in [-0.25, -0.2) is 4.68 Å². The predicted molar refractivity (Wildman–Crippen MR) is 110 cm³/mol. The van der Waals surface area contributed by atoms with Crippen LogP contribution < -0.4 is 5.32 Å². The highest BCUT2D eigenvalue weighted by Crippen LogP contribution is 2.25. The third-order valence-corrected chi connectivity index (χ3v) is 5.07. The van der Waals surface area contributed by atoms with E-state index in [1.807, 2.05) is 67.6 Å². The second kappa shape index (κ2) is 7.52. The number of nitrogens with one attached hydrogen (secondary N) is 1. The highest BCUT2D eigenvalue weighted by molar-refractivity contribution is 6.33. The van der Waals surface area contributed by atoms with Crippen molar-refractivity contribution in [1.29, 1.82) is 0 Å². The number of furan rings is 1. The maximum atomic E-state index is 12.9. The molecule has 0 bridgehead atoms. The van der Waals surface area contributed by atoms with Crippen LogP contribution in [0.2, 0.25) is 5.15 Å². The molecule has 6 heteroatoms. The summed E-state index contributed by atoms with van der Waals surface area (Å²) in [6, 6.07) is 19.3. The number of hydrogen-bond acceptors (Lipinski definition) is 3. The van der Waals surface area contributed by atoms with Crippen molar-refractivity contribution in [2.75, 3.05) is 0 Å². The lowest BCUT2D eigenvalue weighted by Gasteiger charge is -2.11. The number of hydrogen-bond donors (Lipinski definition) is 1. The van der Waals surface area contributed by atoms with Crippen LogP contribution in [0.1, 0.15) is 40.3 Å². The number of aromatic nitrogens is 2. The second-order valence-electron chi connectivity index (χ2n) is 6.78. The number of para-hydroxylation sites is 1. The highest BCUT2D eigenvalue weighted by Gasteiger charge is 2.23. The quantitative estimate of drug-likeness (QED) is 0.511. The standard InChI is InChI=1S/C22H20ClN3O2/c1-14(19-12-17-10-6-7-11-18(17)28-19)24-22(27)20-15(2)25-26(21(20)23)13-16-8-4-3-5-9-16/h3-12,14H,13H2,1-2H3,(H,24,27). The van der Waals surface area contributed by atoms with Gasteiger partial charge in [-0.2, -0.15) is 5.10 Å². The Balaban J connectivity index is 1.54. The summed E-state index contributed by atoms with van der Waals surface area (Å²) >= 11 is 6.48. The highest BCUT2D eigenvalue weighted by atomic mass is 35.5. The minimum atomic E-state index is -0.298. The lowest BCUT2D eigenvalue weighted by atomic mass is 10.2. The van der Waals surface area contributed by atoms with Crippen LogP contribution in [0.3, 0.4) is 0 Å².